The van der Waals surface area contributed by atoms with Crippen molar-refractivity contribution >= 4 is 0 Å². The van der Waals surface area contributed by atoms with Gasteiger partial charge in [0.1, 0.15) is 0 Å². The van der Waals surface area contributed by atoms with Gasteiger partial charge in [0.25, 0.3) is 0 Å². The van der Waals surface area contributed by atoms with Crippen LogP contribution < -0.4 is 5.73 Å². The van der Waals surface area contributed by atoms with Gasteiger partial charge in [0, 0.05) is 19.3 Å². The average molecular weight is 213 g/mol. The van der Waals surface area contributed by atoms with Crippen LogP contribution in [0.15, 0.2) is 0 Å². The smallest absolute Gasteiger partial charge is 0.0480 e. The third-order valence-corrected chi connectivity index (χ3v) is 3.44. The quantitative estimate of drug-likeness (QED) is 0.660. The summed E-state index contributed by atoms with van der Waals surface area (Å²) < 4.78 is 5.59. The lowest BCUT2D eigenvalue weighted by Crippen LogP contribution is -2.29. The zero-order valence-electron chi connectivity index (χ0n) is 10.4. The maximum atomic E-state index is 6.14. The van der Waals surface area contributed by atoms with Crippen molar-refractivity contribution in [3.05, 3.63) is 0 Å². The fraction of sp³-hybridized carbons (Fsp3) is 1.00. The number of ether oxygens (including phenoxy) is 1. The molecule has 1 rings (SSSR count). The van der Waals surface area contributed by atoms with Crippen LogP contribution in [-0.4, -0.2) is 19.3 Å². The molecule has 2 nitrogen and oxygen atoms in total. The van der Waals surface area contributed by atoms with E-state index in [-0.39, 0.29) is 0 Å². The average Bonchev–Trinajstić information content (AvgIpc) is 2.69. The third-order valence-electron chi connectivity index (χ3n) is 3.44. The lowest BCUT2D eigenvalue weighted by atomic mass is 9.97. The Kier molecular flexibility index (Phi) is 6.26. The summed E-state index contributed by atoms with van der Waals surface area (Å²) >= 11 is 0. The van der Waals surface area contributed by atoms with E-state index in [9.17, 15) is 0 Å². The summed E-state index contributed by atoms with van der Waals surface area (Å²) in [6.07, 6.45) is 7.65. The van der Waals surface area contributed by atoms with Crippen molar-refractivity contribution in [3.8, 4) is 0 Å². The summed E-state index contributed by atoms with van der Waals surface area (Å²) in [6.45, 7) is 6.21. The molecule has 15 heavy (non-hydrogen) atoms. The van der Waals surface area contributed by atoms with Crippen LogP contribution in [0, 0.1) is 11.8 Å². The summed E-state index contributed by atoms with van der Waals surface area (Å²) in [5.74, 6) is 1.52. The fourth-order valence-electron chi connectivity index (χ4n) is 2.26. The molecule has 0 aliphatic heterocycles. The molecule has 0 heterocycles. The molecule has 1 unspecified atom stereocenters. The number of nitrogens with two attached hydrogens (primary N) is 1. The molecule has 2 N–H and O–H groups in total. The van der Waals surface area contributed by atoms with Gasteiger partial charge in [0.2, 0.25) is 0 Å². The van der Waals surface area contributed by atoms with Gasteiger partial charge < -0.3 is 10.5 Å². The van der Waals surface area contributed by atoms with E-state index in [2.05, 4.69) is 13.8 Å². The van der Waals surface area contributed by atoms with Crippen molar-refractivity contribution in [2.24, 2.45) is 17.6 Å². The molecule has 1 aliphatic rings. The van der Waals surface area contributed by atoms with Crippen molar-refractivity contribution in [1.29, 1.82) is 0 Å². The Morgan fingerprint density at radius 3 is 2.33 bits per heavy atom. The molecule has 0 spiro atoms. The van der Waals surface area contributed by atoms with Gasteiger partial charge in [-0.1, -0.05) is 26.7 Å². The standard InChI is InChI=1S/C13H27NO/c1-11(2)7-9-15-10-8-13(14)12-5-3-4-6-12/h11-13H,3-10,14H2,1-2H3. The van der Waals surface area contributed by atoms with Crippen LogP contribution in [0.4, 0.5) is 0 Å². The second-order valence-electron chi connectivity index (χ2n) is 5.29. The zero-order chi connectivity index (χ0) is 11.1. The molecule has 1 saturated carbocycles. The highest BCUT2D eigenvalue weighted by atomic mass is 16.5. The molecule has 0 aromatic carbocycles. The largest absolute Gasteiger partial charge is 0.381 e. The summed E-state index contributed by atoms with van der Waals surface area (Å²) in [5.41, 5.74) is 6.14. The first kappa shape index (κ1) is 13.0. The summed E-state index contributed by atoms with van der Waals surface area (Å²) in [5, 5.41) is 0. The van der Waals surface area contributed by atoms with Crippen molar-refractivity contribution in [1.82, 2.24) is 0 Å². The molecule has 0 saturated heterocycles. The minimum Gasteiger partial charge on any atom is -0.381 e. The Hall–Kier alpha value is -0.0800. The highest BCUT2D eigenvalue weighted by Crippen LogP contribution is 2.27. The molecule has 0 aromatic heterocycles. The zero-order valence-corrected chi connectivity index (χ0v) is 10.4. The normalized spacial score (nSPS) is 20.0. The van der Waals surface area contributed by atoms with Gasteiger partial charge in [-0.25, -0.2) is 0 Å². The Morgan fingerprint density at radius 2 is 1.73 bits per heavy atom. The Morgan fingerprint density at radius 1 is 1.13 bits per heavy atom. The third kappa shape index (κ3) is 5.53. The molecular formula is C13H27NO. The Balaban J connectivity index is 1.94. The lowest BCUT2D eigenvalue weighted by molar-refractivity contribution is 0.112. The molecule has 1 fully saturated rings. The van der Waals surface area contributed by atoms with Crippen LogP contribution in [0.2, 0.25) is 0 Å². The minimum absolute atomic E-state index is 0.381. The first-order valence-corrected chi connectivity index (χ1v) is 6.53. The SMILES string of the molecule is CC(C)CCOCCC(N)C1CCCC1. The maximum Gasteiger partial charge on any atom is 0.0480 e. The van der Waals surface area contributed by atoms with Crippen LogP contribution in [0.3, 0.4) is 0 Å². The summed E-state index contributed by atoms with van der Waals surface area (Å²) in [4.78, 5) is 0. The monoisotopic (exact) mass is 213 g/mol. The van der Waals surface area contributed by atoms with Gasteiger partial charge in [0.05, 0.1) is 0 Å². The van der Waals surface area contributed by atoms with Crippen molar-refractivity contribution in [3.63, 3.8) is 0 Å². The van der Waals surface area contributed by atoms with E-state index in [1.165, 1.54) is 32.1 Å². The maximum absolute atomic E-state index is 6.14. The molecule has 0 radical (unpaired) electrons. The first-order chi connectivity index (χ1) is 7.20. The van der Waals surface area contributed by atoms with Crippen LogP contribution in [-0.2, 0) is 4.74 Å². The second-order valence-corrected chi connectivity index (χ2v) is 5.29. The van der Waals surface area contributed by atoms with Gasteiger partial charge in [-0.3, -0.25) is 0 Å². The van der Waals surface area contributed by atoms with E-state index in [0.29, 0.717) is 6.04 Å². The molecule has 0 bridgehead atoms. The van der Waals surface area contributed by atoms with Crippen molar-refractivity contribution in [2.45, 2.75) is 58.4 Å². The van der Waals surface area contributed by atoms with Crippen molar-refractivity contribution < 1.29 is 4.74 Å². The van der Waals surface area contributed by atoms with E-state index >= 15 is 0 Å². The van der Waals surface area contributed by atoms with E-state index in [0.717, 1.165) is 31.5 Å². The second kappa shape index (κ2) is 7.24. The molecular weight excluding hydrogens is 186 g/mol. The molecule has 2 heteroatoms. The van der Waals surface area contributed by atoms with E-state index in [1.54, 1.807) is 0 Å². The van der Waals surface area contributed by atoms with Crippen LogP contribution in [0.1, 0.15) is 52.4 Å². The van der Waals surface area contributed by atoms with E-state index in [1.807, 2.05) is 0 Å². The van der Waals surface area contributed by atoms with Crippen LogP contribution in [0.5, 0.6) is 0 Å². The molecule has 0 aromatic rings. The topological polar surface area (TPSA) is 35.2 Å². The lowest BCUT2D eigenvalue weighted by Gasteiger charge is -2.18. The van der Waals surface area contributed by atoms with Gasteiger partial charge in [-0.2, -0.15) is 0 Å². The van der Waals surface area contributed by atoms with Gasteiger partial charge in [0.15, 0.2) is 0 Å². The molecule has 0 amide bonds. The fourth-order valence-corrected chi connectivity index (χ4v) is 2.26. The van der Waals surface area contributed by atoms with Gasteiger partial charge in [-0.15, -0.1) is 0 Å². The summed E-state index contributed by atoms with van der Waals surface area (Å²) in [7, 11) is 0. The number of rotatable bonds is 7. The molecule has 1 aliphatic carbocycles. The van der Waals surface area contributed by atoms with E-state index < -0.39 is 0 Å². The molecule has 1 atom stereocenters. The van der Waals surface area contributed by atoms with E-state index in [4.69, 9.17) is 10.5 Å². The highest BCUT2D eigenvalue weighted by molar-refractivity contribution is 4.77. The van der Waals surface area contributed by atoms with Gasteiger partial charge in [-0.05, 0) is 37.5 Å². The predicted molar refractivity (Wildman–Crippen MR) is 64.8 cm³/mol. The highest BCUT2D eigenvalue weighted by Gasteiger charge is 2.21. The van der Waals surface area contributed by atoms with Gasteiger partial charge >= 0.3 is 0 Å². The Bertz CT molecular complexity index is 153. The number of hydrogen-bond donors (Lipinski definition) is 1. The number of hydrogen-bond acceptors (Lipinski definition) is 2. The Labute approximate surface area is 94.6 Å². The van der Waals surface area contributed by atoms with Crippen molar-refractivity contribution in [2.75, 3.05) is 13.2 Å². The molecule has 90 valence electrons. The van der Waals surface area contributed by atoms with Crippen LogP contribution in [0.25, 0.3) is 0 Å². The van der Waals surface area contributed by atoms with Crippen LogP contribution >= 0.6 is 0 Å². The summed E-state index contributed by atoms with van der Waals surface area (Å²) in [6, 6.07) is 0.381. The minimum atomic E-state index is 0.381. The first-order valence-electron chi connectivity index (χ1n) is 6.53. The predicted octanol–water partition coefficient (Wildman–Crippen LogP) is 2.96.